The van der Waals surface area contributed by atoms with Crippen molar-refractivity contribution in [3.05, 3.63) is 182 Å². The average molecular weight is 771 g/mol. The molecule has 0 amide bonds. The predicted molar refractivity (Wildman–Crippen MR) is 246 cm³/mol. The fraction of sp³-hybridized carbons (Fsp3) is 0. The first-order chi connectivity index (χ1) is 29.2. The van der Waals surface area contributed by atoms with E-state index in [-0.39, 0.29) is 0 Å². The van der Waals surface area contributed by atoms with Crippen molar-refractivity contribution < 1.29 is 4.42 Å². The topological polar surface area (TPSA) is 56.7 Å². The third-order valence-electron chi connectivity index (χ3n) is 11.8. The van der Waals surface area contributed by atoms with Crippen LogP contribution in [0.4, 0.5) is 0 Å². The summed E-state index contributed by atoms with van der Waals surface area (Å²) in [5.74, 6) is 1.78. The van der Waals surface area contributed by atoms with Gasteiger partial charge in [0.2, 0.25) is 0 Å². The van der Waals surface area contributed by atoms with Gasteiger partial charge < -0.3 is 8.98 Å². The molecule has 4 aromatic heterocycles. The Morgan fingerprint density at radius 1 is 0.407 bits per heavy atom. The maximum Gasteiger partial charge on any atom is 0.167 e. The zero-order valence-corrected chi connectivity index (χ0v) is 32.2. The van der Waals surface area contributed by atoms with Crippen LogP contribution in [0.1, 0.15) is 0 Å². The summed E-state index contributed by atoms with van der Waals surface area (Å²) in [7, 11) is 0. The lowest BCUT2D eigenvalue weighted by Gasteiger charge is -2.13. The van der Waals surface area contributed by atoms with Crippen LogP contribution >= 0.6 is 11.3 Å². The molecule has 13 rings (SSSR count). The zero-order chi connectivity index (χ0) is 38.6. The molecule has 5 nitrogen and oxygen atoms in total. The van der Waals surface area contributed by atoms with Gasteiger partial charge in [0, 0.05) is 47.5 Å². The molecule has 59 heavy (non-hydrogen) atoms. The first kappa shape index (κ1) is 32.4. The van der Waals surface area contributed by atoms with Crippen molar-refractivity contribution in [1.82, 2.24) is 19.5 Å². The highest BCUT2D eigenvalue weighted by atomic mass is 32.1. The maximum absolute atomic E-state index is 6.91. The highest BCUT2D eigenvalue weighted by Gasteiger charge is 2.23. The monoisotopic (exact) mass is 770 g/mol. The van der Waals surface area contributed by atoms with Gasteiger partial charge in [0.15, 0.2) is 17.5 Å². The van der Waals surface area contributed by atoms with Gasteiger partial charge in [-0.1, -0.05) is 133 Å². The fourth-order valence-electron chi connectivity index (χ4n) is 9.12. The van der Waals surface area contributed by atoms with Crippen LogP contribution in [0.25, 0.3) is 125 Å². The summed E-state index contributed by atoms with van der Waals surface area (Å²) in [5.41, 5.74) is 7.54. The van der Waals surface area contributed by atoms with E-state index in [1.165, 1.54) is 41.7 Å². The summed E-state index contributed by atoms with van der Waals surface area (Å²) in [4.78, 5) is 15.8. The van der Waals surface area contributed by atoms with Gasteiger partial charge in [0.1, 0.15) is 11.2 Å². The molecule has 0 fully saturated rings. The van der Waals surface area contributed by atoms with Crippen LogP contribution in [0, 0.1) is 0 Å². The second-order valence-corrected chi connectivity index (χ2v) is 16.2. The van der Waals surface area contributed by atoms with E-state index in [0.717, 1.165) is 66.1 Å². The number of hydrogen-bond donors (Lipinski definition) is 0. The second-order valence-electron chi connectivity index (χ2n) is 15.1. The molecule has 0 bridgehead atoms. The summed E-state index contributed by atoms with van der Waals surface area (Å²) in [6, 6.07) is 64.4. The Morgan fingerprint density at radius 2 is 1.07 bits per heavy atom. The molecule has 0 unspecified atom stereocenters. The van der Waals surface area contributed by atoms with E-state index < -0.39 is 0 Å². The smallest absolute Gasteiger partial charge is 0.167 e. The summed E-state index contributed by atoms with van der Waals surface area (Å²) in [6.45, 7) is 0. The molecule has 0 spiro atoms. The third-order valence-corrected chi connectivity index (χ3v) is 13.0. The van der Waals surface area contributed by atoms with Gasteiger partial charge in [-0.25, -0.2) is 15.0 Å². The number of hydrogen-bond acceptors (Lipinski definition) is 5. The molecule has 0 aliphatic heterocycles. The van der Waals surface area contributed by atoms with Crippen molar-refractivity contribution in [3.63, 3.8) is 0 Å². The average Bonchev–Trinajstić information content (AvgIpc) is 3.97. The predicted octanol–water partition coefficient (Wildman–Crippen LogP) is 14.5. The Bertz CT molecular complexity index is 3870. The quantitative estimate of drug-likeness (QED) is 0.179. The van der Waals surface area contributed by atoms with Gasteiger partial charge in [0.25, 0.3) is 0 Å². The first-order valence-electron chi connectivity index (χ1n) is 19.8. The number of aromatic nitrogens is 4. The minimum Gasteiger partial charge on any atom is -0.455 e. The van der Waals surface area contributed by atoms with Crippen molar-refractivity contribution in [2.24, 2.45) is 0 Å². The number of fused-ring (bicyclic) bond motifs is 11. The molecule has 9 aromatic carbocycles. The number of thiophene rings is 1. The van der Waals surface area contributed by atoms with Crippen LogP contribution in [0.2, 0.25) is 0 Å². The Hall–Kier alpha value is -7.67. The van der Waals surface area contributed by atoms with Gasteiger partial charge in [-0.15, -0.1) is 11.3 Å². The fourth-order valence-corrected chi connectivity index (χ4v) is 10.3. The number of rotatable bonds is 4. The molecule has 0 saturated carbocycles. The SMILES string of the molecule is c1ccc2cc3c(cc2c1)c1ccccc1n3-c1ccc(-c2nc(-c3ccc4c(c3)sc3ccccc34)nc(-c3cccc4ccccc34)n2)c2oc3ccccc3c12. The molecule has 0 saturated heterocycles. The summed E-state index contributed by atoms with van der Waals surface area (Å²) >= 11 is 1.79. The lowest BCUT2D eigenvalue weighted by molar-refractivity contribution is 0.669. The van der Waals surface area contributed by atoms with E-state index in [1.54, 1.807) is 11.3 Å². The lowest BCUT2D eigenvalue weighted by atomic mass is 10.0. The number of furan rings is 1. The Morgan fingerprint density at radius 3 is 1.95 bits per heavy atom. The Labute approximate surface area is 341 Å². The van der Waals surface area contributed by atoms with Crippen molar-refractivity contribution in [1.29, 1.82) is 0 Å². The van der Waals surface area contributed by atoms with Crippen molar-refractivity contribution in [3.8, 4) is 39.9 Å². The van der Waals surface area contributed by atoms with Gasteiger partial charge in [-0.2, -0.15) is 0 Å². The number of para-hydroxylation sites is 2. The molecule has 0 aliphatic rings. The van der Waals surface area contributed by atoms with E-state index >= 15 is 0 Å². The Balaban J connectivity index is 1.10. The molecule has 274 valence electrons. The highest BCUT2D eigenvalue weighted by molar-refractivity contribution is 7.25. The van der Waals surface area contributed by atoms with Crippen molar-refractivity contribution >= 4 is 96.8 Å². The van der Waals surface area contributed by atoms with Crippen LogP contribution in [0.15, 0.2) is 186 Å². The van der Waals surface area contributed by atoms with Crippen molar-refractivity contribution in [2.75, 3.05) is 0 Å². The lowest BCUT2D eigenvalue weighted by Crippen LogP contribution is -2.01. The van der Waals surface area contributed by atoms with E-state index in [0.29, 0.717) is 17.5 Å². The van der Waals surface area contributed by atoms with E-state index in [4.69, 9.17) is 19.4 Å². The zero-order valence-electron chi connectivity index (χ0n) is 31.4. The van der Waals surface area contributed by atoms with Gasteiger partial charge >= 0.3 is 0 Å². The van der Waals surface area contributed by atoms with Crippen LogP contribution in [-0.4, -0.2) is 19.5 Å². The van der Waals surface area contributed by atoms with E-state index in [1.807, 2.05) is 12.1 Å². The van der Waals surface area contributed by atoms with Crippen LogP contribution in [0.3, 0.4) is 0 Å². The van der Waals surface area contributed by atoms with Gasteiger partial charge in [0.05, 0.1) is 27.7 Å². The van der Waals surface area contributed by atoms with Crippen LogP contribution in [0.5, 0.6) is 0 Å². The normalized spacial score (nSPS) is 12.1. The maximum atomic E-state index is 6.91. The van der Waals surface area contributed by atoms with E-state index in [2.05, 4.69) is 174 Å². The van der Waals surface area contributed by atoms with Gasteiger partial charge in [-0.3, -0.25) is 0 Å². The molecule has 0 radical (unpaired) electrons. The minimum atomic E-state index is 0.554. The van der Waals surface area contributed by atoms with Crippen molar-refractivity contribution in [2.45, 2.75) is 0 Å². The second kappa shape index (κ2) is 12.4. The summed E-state index contributed by atoms with van der Waals surface area (Å²) in [5, 5.41) is 11.6. The molecule has 0 N–H and O–H groups in total. The highest BCUT2D eigenvalue weighted by Crippen LogP contribution is 2.44. The third kappa shape index (κ3) is 4.87. The van der Waals surface area contributed by atoms with Crippen LogP contribution < -0.4 is 0 Å². The Kier molecular flexibility index (Phi) is 6.82. The molecule has 6 heteroatoms. The number of nitrogens with zero attached hydrogens (tertiary/aromatic N) is 4. The molecule has 0 atom stereocenters. The molecular weight excluding hydrogens is 741 g/mol. The molecule has 13 aromatic rings. The minimum absolute atomic E-state index is 0.554. The standard InChI is InChI=1S/C53H30N4OS/c1-2-14-33-29-45-42(28-32(33)13-1)36-17-5-8-21-43(36)57(45)44-27-26-41(50-49(44)40-19-6-9-22-46(40)58-50)53-55-51(34-24-25-38-37-18-7-10-23-47(37)59-48(38)30-34)54-52(56-53)39-20-11-15-31-12-3-4-16-35(31)39/h1-30H. The van der Waals surface area contributed by atoms with Gasteiger partial charge in [-0.05, 0) is 70.1 Å². The van der Waals surface area contributed by atoms with E-state index in [9.17, 15) is 0 Å². The number of benzene rings is 9. The first-order valence-corrected chi connectivity index (χ1v) is 20.6. The molecular formula is C53H30N4OS. The summed E-state index contributed by atoms with van der Waals surface area (Å²) < 4.78 is 11.8. The van der Waals surface area contributed by atoms with Crippen LogP contribution in [-0.2, 0) is 0 Å². The summed E-state index contributed by atoms with van der Waals surface area (Å²) in [6.07, 6.45) is 0. The largest absolute Gasteiger partial charge is 0.455 e. The molecule has 4 heterocycles. The molecule has 0 aliphatic carbocycles.